The van der Waals surface area contributed by atoms with Gasteiger partial charge in [0.2, 0.25) is 0 Å². The van der Waals surface area contributed by atoms with Crippen LogP contribution < -0.4 is 0 Å². The molecule has 4 heteroatoms. The normalized spacial score (nSPS) is 11.6. The van der Waals surface area contributed by atoms with Crippen LogP contribution in [0.25, 0.3) is 137 Å². The van der Waals surface area contributed by atoms with E-state index in [0.717, 1.165) is 0 Å². The number of para-hydroxylation sites is 2. The second-order valence-corrected chi connectivity index (χ2v) is 18.6. The smallest absolute Gasteiger partial charge is 0.0547 e. The standard InChI is InChI=1S/C32H19N.C16H9Br.C16H11N.CH4.B/c1-2-9-21-19-31-28(18-20(21)8-1)24-12-5-6-15-29(24)33(31)30-17-16-26-23-11-4-3-10-22(23)25-13-7-14-27(30)32(25)26;17-15-9-8-13-11-5-2-1-4-10(11)12-6-3-7-14(15)16(12)13;1-2-6-12-10-16-14(9-11(12)5-1)13-7-3-4-8-15(13)17-16;;/h1-19H;1-9H;1-10,17H;1H4;. The van der Waals surface area contributed by atoms with Crippen LogP contribution in [0.15, 0.2) is 235 Å². The monoisotopic (exact) mass is 941 g/mol. The van der Waals surface area contributed by atoms with E-state index in [0.29, 0.717) is 0 Å². The summed E-state index contributed by atoms with van der Waals surface area (Å²) in [5, 5.41) is 15.7. The van der Waals surface area contributed by atoms with E-state index in [1.807, 2.05) is 0 Å². The largest absolute Gasteiger partial charge is 0.354 e. The summed E-state index contributed by atoms with van der Waals surface area (Å²) in [6, 6.07) is 83.2. The van der Waals surface area contributed by atoms with Gasteiger partial charge in [-0.1, -0.05) is 205 Å². The maximum Gasteiger partial charge on any atom is 0.0547 e. The Kier molecular flexibility index (Phi) is 10.1. The Morgan fingerprint density at radius 1 is 0.304 bits per heavy atom. The van der Waals surface area contributed by atoms with Gasteiger partial charge in [-0.05, 0) is 131 Å². The van der Waals surface area contributed by atoms with Crippen molar-refractivity contribution in [2.75, 3.05) is 0 Å². The molecule has 2 nitrogen and oxygen atoms in total. The van der Waals surface area contributed by atoms with Gasteiger partial charge >= 0.3 is 0 Å². The molecule has 0 saturated heterocycles. The summed E-state index contributed by atoms with van der Waals surface area (Å²) >= 11 is 3.64. The highest BCUT2D eigenvalue weighted by Gasteiger charge is 2.24. The van der Waals surface area contributed by atoms with Crippen molar-refractivity contribution in [3.8, 4) is 50.2 Å². The van der Waals surface area contributed by atoms with Crippen LogP contribution in [0.4, 0.5) is 0 Å². The Morgan fingerprint density at radius 2 is 0.754 bits per heavy atom. The number of fused-ring (bicyclic) bond motifs is 14. The van der Waals surface area contributed by atoms with E-state index < -0.39 is 0 Å². The third-order valence-corrected chi connectivity index (χ3v) is 14.9. The highest BCUT2D eigenvalue weighted by molar-refractivity contribution is 9.10. The van der Waals surface area contributed by atoms with E-state index in [4.69, 9.17) is 0 Å². The fourth-order valence-corrected chi connectivity index (χ4v) is 11.7. The van der Waals surface area contributed by atoms with E-state index in [2.05, 4.69) is 256 Å². The molecular weight excluding hydrogens is 899 g/mol. The van der Waals surface area contributed by atoms with Gasteiger partial charge in [0.05, 0.1) is 16.7 Å². The van der Waals surface area contributed by atoms with Crippen LogP contribution in [0, 0.1) is 0 Å². The number of H-pyrrole nitrogens is 1. The van der Waals surface area contributed by atoms with Crippen LogP contribution in [0.5, 0.6) is 0 Å². The fourth-order valence-electron chi connectivity index (χ4n) is 11.2. The minimum absolute atomic E-state index is 0. The van der Waals surface area contributed by atoms with Gasteiger partial charge in [0, 0.05) is 50.9 Å². The summed E-state index contributed by atoms with van der Waals surface area (Å²) in [5.74, 6) is 0. The lowest BCUT2D eigenvalue weighted by atomic mass is 10.0. The van der Waals surface area contributed by atoms with Crippen LogP contribution in [0.3, 0.4) is 0 Å². The second-order valence-electron chi connectivity index (χ2n) is 17.8. The third kappa shape index (κ3) is 6.47. The van der Waals surface area contributed by atoms with Gasteiger partial charge in [-0.25, -0.2) is 0 Å². The fraction of sp³-hybridized carbons (Fsp3) is 0.0154. The molecule has 0 saturated carbocycles. The van der Waals surface area contributed by atoms with Crippen LogP contribution in [0.2, 0.25) is 0 Å². The first kappa shape index (κ1) is 42.2. The maximum absolute atomic E-state index is 3.64. The number of halogens is 1. The zero-order valence-corrected chi connectivity index (χ0v) is 38.4. The number of aromatic nitrogens is 2. The number of hydrogen-bond acceptors (Lipinski definition) is 0. The average molecular weight is 943 g/mol. The number of nitrogens with zero attached hydrogens (tertiary/aromatic N) is 1. The van der Waals surface area contributed by atoms with Crippen molar-refractivity contribution in [3.05, 3.63) is 235 Å². The van der Waals surface area contributed by atoms with Crippen molar-refractivity contribution in [1.29, 1.82) is 0 Å². The Bertz CT molecular complexity index is 4300. The Hall–Kier alpha value is -8.18. The molecule has 0 bridgehead atoms. The number of hydrogen-bond donors (Lipinski definition) is 1. The quantitative estimate of drug-likeness (QED) is 0.158. The molecule has 14 aromatic rings. The molecule has 0 spiro atoms. The van der Waals surface area contributed by atoms with Gasteiger partial charge in [0.1, 0.15) is 0 Å². The molecule has 2 heterocycles. The maximum atomic E-state index is 3.64. The van der Waals surface area contributed by atoms with Gasteiger partial charge in [-0.15, -0.1) is 0 Å². The first-order valence-corrected chi connectivity index (χ1v) is 23.7. The SMILES string of the molecule is Brc1ccc2c3c(cccc13)-c1ccccc1-2.C.[B].c1ccc2c(c1)-c1cccc3c(-n4c5ccccc5c5cc6ccccc6cc54)ccc-2c13.c1ccc2cc3c(cc2c1)[nH]c1ccccc13. The summed E-state index contributed by atoms with van der Waals surface area (Å²) in [5.41, 5.74) is 16.9. The lowest BCUT2D eigenvalue weighted by molar-refractivity contribution is 1.20. The van der Waals surface area contributed by atoms with Crippen LogP contribution in [-0.4, -0.2) is 18.0 Å². The highest BCUT2D eigenvalue weighted by atomic mass is 79.9. The molecule has 0 fully saturated rings. The Morgan fingerprint density at radius 3 is 1.41 bits per heavy atom. The summed E-state index contributed by atoms with van der Waals surface area (Å²) in [6.07, 6.45) is 0. The van der Waals surface area contributed by atoms with E-state index >= 15 is 0 Å². The van der Waals surface area contributed by atoms with Crippen molar-refractivity contribution in [2.45, 2.75) is 7.43 Å². The molecule has 2 aliphatic rings. The Labute approximate surface area is 410 Å². The minimum atomic E-state index is 0. The van der Waals surface area contributed by atoms with Crippen molar-refractivity contribution in [3.63, 3.8) is 0 Å². The lowest BCUT2D eigenvalue weighted by Crippen LogP contribution is -1.95. The molecule has 0 unspecified atom stereocenters. The molecule has 0 amide bonds. The van der Waals surface area contributed by atoms with E-state index in [1.165, 1.54) is 141 Å². The lowest BCUT2D eigenvalue weighted by Gasteiger charge is -2.13. The summed E-state index contributed by atoms with van der Waals surface area (Å²) in [4.78, 5) is 3.47. The van der Waals surface area contributed by atoms with Gasteiger partial charge in [-0.2, -0.15) is 0 Å². The molecule has 12 aromatic carbocycles. The highest BCUT2D eigenvalue weighted by Crippen LogP contribution is 2.50. The van der Waals surface area contributed by atoms with Crippen molar-refractivity contribution < 1.29 is 0 Å². The van der Waals surface area contributed by atoms with Crippen molar-refractivity contribution in [2.24, 2.45) is 0 Å². The molecule has 2 aromatic heterocycles. The van der Waals surface area contributed by atoms with E-state index in [1.54, 1.807) is 0 Å². The molecule has 0 atom stereocenters. The second kappa shape index (κ2) is 16.6. The summed E-state index contributed by atoms with van der Waals surface area (Å²) in [7, 11) is 0. The van der Waals surface area contributed by atoms with Crippen molar-refractivity contribution >= 4 is 111 Å². The summed E-state index contributed by atoms with van der Waals surface area (Å²) in [6.45, 7) is 0. The zero-order chi connectivity index (χ0) is 44.2. The predicted octanol–water partition coefficient (Wildman–Crippen LogP) is 18.7. The molecule has 16 rings (SSSR count). The molecule has 2 aliphatic carbocycles. The van der Waals surface area contributed by atoms with Gasteiger partial charge in [0.15, 0.2) is 0 Å². The first-order chi connectivity index (χ1) is 33.2. The minimum Gasteiger partial charge on any atom is -0.354 e. The number of benzene rings is 12. The molecule has 1 N–H and O–H groups in total. The molecule has 323 valence electrons. The topological polar surface area (TPSA) is 20.7 Å². The molecule has 0 aliphatic heterocycles. The zero-order valence-electron chi connectivity index (χ0n) is 36.8. The van der Waals surface area contributed by atoms with Gasteiger partial charge in [0.25, 0.3) is 0 Å². The molecular formula is C65H43BBrN2. The third-order valence-electron chi connectivity index (χ3n) is 14.2. The number of nitrogens with one attached hydrogen (secondary N) is 1. The van der Waals surface area contributed by atoms with Crippen molar-refractivity contribution in [1.82, 2.24) is 9.55 Å². The van der Waals surface area contributed by atoms with Gasteiger partial charge < -0.3 is 9.55 Å². The predicted molar refractivity (Wildman–Crippen MR) is 302 cm³/mol. The van der Waals surface area contributed by atoms with E-state index in [9.17, 15) is 0 Å². The Balaban J connectivity index is 0.000000116. The summed E-state index contributed by atoms with van der Waals surface area (Å²) < 4.78 is 3.63. The van der Waals surface area contributed by atoms with E-state index in [-0.39, 0.29) is 15.8 Å². The number of rotatable bonds is 1. The van der Waals surface area contributed by atoms with Crippen LogP contribution in [-0.2, 0) is 0 Å². The van der Waals surface area contributed by atoms with Crippen LogP contribution >= 0.6 is 15.9 Å². The van der Waals surface area contributed by atoms with Gasteiger partial charge in [-0.3, -0.25) is 0 Å². The first-order valence-electron chi connectivity index (χ1n) is 22.9. The molecule has 69 heavy (non-hydrogen) atoms. The average Bonchev–Trinajstić information content (AvgIpc) is 4.12. The molecule has 3 radical (unpaired) electrons. The number of aromatic amines is 1. The van der Waals surface area contributed by atoms with Crippen LogP contribution in [0.1, 0.15) is 7.43 Å².